The van der Waals surface area contributed by atoms with Crippen molar-refractivity contribution in [2.24, 2.45) is 0 Å². The molecular formula is C30H24F9N3O6. The first-order valence-electron chi connectivity index (χ1n) is 12.6. The predicted molar refractivity (Wildman–Crippen MR) is 152 cm³/mol. The first-order valence-corrected chi connectivity index (χ1v) is 12.6. The molecule has 3 aromatic rings. The molecule has 0 aliphatic heterocycles. The molecule has 3 aromatic heterocycles. The van der Waals surface area contributed by atoms with Gasteiger partial charge < -0.3 is 14.2 Å². The number of nitrogens with zero attached hydrogens (tertiary/aromatic N) is 3. The number of rotatable bonds is 6. The van der Waals surface area contributed by atoms with Crippen LogP contribution < -0.4 is 0 Å². The summed E-state index contributed by atoms with van der Waals surface area (Å²) in [6, 6.07) is 3.79. The smallest absolute Gasteiger partial charge is 0.409 e. The standard InChI is InChI=1S/3C10H8F3NO2/c3*1-16-9(15)8-4-7(5-14-6-8)2-3-10(11,12)13/h3*2-6H,1H3/b3*3-2+. The second-order valence-corrected chi connectivity index (χ2v) is 8.62. The van der Waals surface area contributed by atoms with Crippen LogP contribution >= 0.6 is 0 Å². The summed E-state index contributed by atoms with van der Waals surface area (Å²) in [4.78, 5) is 44.1. The van der Waals surface area contributed by atoms with Gasteiger partial charge in [-0.25, -0.2) is 14.4 Å². The summed E-state index contributed by atoms with van der Waals surface area (Å²) in [6.45, 7) is 0. The number of halogens is 9. The Morgan fingerprint density at radius 1 is 0.479 bits per heavy atom. The van der Waals surface area contributed by atoms with Crippen LogP contribution in [0, 0.1) is 0 Å². The Morgan fingerprint density at radius 2 is 0.708 bits per heavy atom. The molecule has 0 aromatic carbocycles. The van der Waals surface area contributed by atoms with Gasteiger partial charge in [0.25, 0.3) is 0 Å². The summed E-state index contributed by atoms with van der Waals surface area (Å²) in [6.07, 6.45) is -3.13. The topological polar surface area (TPSA) is 118 Å². The molecule has 0 aliphatic rings. The van der Waals surface area contributed by atoms with E-state index in [4.69, 9.17) is 0 Å². The molecular weight excluding hydrogens is 669 g/mol. The Kier molecular flexibility index (Phi) is 15.6. The highest BCUT2D eigenvalue weighted by Gasteiger charge is 2.23. The Morgan fingerprint density at radius 3 is 0.896 bits per heavy atom. The summed E-state index contributed by atoms with van der Waals surface area (Å²) in [5.41, 5.74) is 0.853. The number of alkyl halides is 9. The third-order valence-corrected chi connectivity index (χ3v) is 4.94. The lowest BCUT2D eigenvalue weighted by Crippen LogP contribution is -2.02. The fourth-order valence-electron chi connectivity index (χ4n) is 2.91. The van der Waals surface area contributed by atoms with Crippen molar-refractivity contribution in [1.29, 1.82) is 0 Å². The van der Waals surface area contributed by atoms with Gasteiger partial charge in [0.1, 0.15) is 0 Å². The molecule has 258 valence electrons. The summed E-state index contributed by atoms with van der Waals surface area (Å²) >= 11 is 0. The largest absolute Gasteiger partial charge is 0.465 e. The molecule has 3 heterocycles. The van der Waals surface area contributed by atoms with Crippen LogP contribution in [0.5, 0.6) is 0 Å². The number of hydrogen-bond donors (Lipinski definition) is 0. The van der Waals surface area contributed by atoms with Crippen molar-refractivity contribution in [2.75, 3.05) is 21.3 Å². The van der Waals surface area contributed by atoms with E-state index >= 15 is 0 Å². The summed E-state index contributed by atoms with van der Waals surface area (Å²) in [7, 11) is 3.54. The van der Waals surface area contributed by atoms with E-state index in [0.29, 0.717) is 0 Å². The molecule has 0 aliphatic carbocycles. The van der Waals surface area contributed by atoms with Crippen molar-refractivity contribution in [2.45, 2.75) is 18.5 Å². The number of esters is 3. The number of pyridine rings is 3. The maximum absolute atomic E-state index is 11.9. The molecule has 0 saturated carbocycles. The predicted octanol–water partition coefficient (Wildman–Crippen LogP) is 7.33. The molecule has 0 bridgehead atoms. The number of ether oxygens (including phenoxy) is 3. The van der Waals surface area contributed by atoms with E-state index in [1.165, 1.54) is 76.7 Å². The van der Waals surface area contributed by atoms with Crippen LogP contribution in [0.2, 0.25) is 0 Å². The van der Waals surface area contributed by atoms with Crippen molar-refractivity contribution in [1.82, 2.24) is 15.0 Å². The zero-order valence-corrected chi connectivity index (χ0v) is 24.9. The van der Waals surface area contributed by atoms with Crippen molar-refractivity contribution in [3.05, 3.63) is 107 Å². The molecule has 9 nitrogen and oxygen atoms in total. The van der Waals surface area contributed by atoms with Crippen LogP contribution in [0.3, 0.4) is 0 Å². The SMILES string of the molecule is COC(=O)c1cncc(/C=C/C(F)(F)F)c1.COC(=O)c1cncc(/C=C/C(F)(F)F)c1.COC(=O)c1cncc(/C=C/C(F)(F)F)c1. The maximum atomic E-state index is 11.9. The first-order chi connectivity index (χ1) is 22.3. The molecule has 0 atom stereocenters. The van der Waals surface area contributed by atoms with Gasteiger partial charge >= 0.3 is 36.4 Å². The highest BCUT2D eigenvalue weighted by molar-refractivity contribution is 5.90. The van der Waals surface area contributed by atoms with Gasteiger partial charge in [0.2, 0.25) is 0 Å². The minimum Gasteiger partial charge on any atom is -0.465 e. The van der Waals surface area contributed by atoms with Crippen molar-refractivity contribution in [3.63, 3.8) is 0 Å². The third kappa shape index (κ3) is 17.2. The Labute approximate surface area is 266 Å². The average molecular weight is 694 g/mol. The normalized spacial score (nSPS) is 11.8. The minimum atomic E-state index is -4.39. The fourth-order valence-corrected chi connectivity index (χ4v) is 2.91. The van der Waals surface area contributed by atoms with Crippen LogP contribution in [-0.2, 0) is 14.2 Å². The molecule has 0 N–H and O–H groups in total. The summed E-state index contributed by atoms with van der Waals surface area (Å²) < 4.78 is 120. The van der Waals surface area contributed by atoms with Crippen molar-refractivity contribution in [3.8, 4) is 0 Å². The monoisotopic (exact) mass is 693 g/mol. The van der Waals surface area contributed by atoms with E-state index in [2.05, 4.69) is 29.2 Å². The quantitative estimate of drug-likeness (QED) is 0.149. The van der Waals surface area contributed by atoms with Crippen LogP contribution in [0.15, 0.2) is 73.6 Å². The van der Waals surface area contributed by atoms with Gasteiger partial charge in [-0.1, -0.05) is 0 Å². The number of methoxy groups -OCH3 is 3. The second kappa shape index (κ2) is 18.6. The summed E-state index contributed by atoms with van der Waals surface area (Å²) in [5.74, 6) is -1.93. The van der Waals surface area contributed by atoms with E-state index in [-0.39, 0.29) is 51.6 Å². The van der Waals surface area contributed by atoms with Gasteiger partial charge in [0.15, 0.2) is 0 Å². The molecule has 48 heavy (non-hydrogen) atoms. The lowest BCUT2D eigenvalue weighted by atomic mass is 10.2. The molecule has 18 heteroatoms. The number of carbonyl (C=O) groups excluding carboxylic acids is 3. The van der Waals surface area contributed by atoms with Gasteiger partial charge in [0.05, 0.1) is 38.0 Å². The lowest BCUT2D eigenvalue weighted by Gasteiger charge is -2.00. The highest BCUT2D eigenvalue weighted by atomic mass is 19.4. The second-order valence-electron chi connectivity index (χ2n) is 8.62. The Bertz CT molecular complexity index is 1430. The zero-order chi connectivity index (χ0) is 36.5. The fraction of sp³-hybridized carbons (Fsp3) is 0.200. The van der Waals surface area contributed by atoms with Crippen LogP contribution in [0.1, 0.15) is 47.8 Å². The van der Waals surface area contributed by atoms with Crippen LogP contribution in [-0.4, -0.2) is 72.7 Å². The van der Waals surface area contributed by atoms with E-state index in [9.17, 15) is 53.9 Å². The lowest BCUT2D eigenvalue weighted by molar-refractivity contribution is -0.0800. The van der Waals surface area contributed by atoms with Gasteiger partial charge in [-0.05, 0) is 53.1 Å². The number of hydrogen-bond acceptors (Lipinski definition) is 9. The first kappa shape index (κ1) is 40.5. The van der Waals surface area contributed by atoms with Crippen LogP contribution in [0.4, 0.5) is 39.5 Å². The Balaban J connectivity index is 0.000000360. The number of carbonyl (C=O) groups is 3. The van der Waals surface area contributed by atoms with Gasteiger partial charge in [-0.15, -0.1) is 0 Å². The maximum Gasteiger partial charge on any atom is 0.409 e. The molecule has 3 rings (SSSR count). The third-order valence-electron chi connectivity index (χ3n) is 4.94. The zero-order valence-electron chi connectivity index (χ0n) is 24.9. The van der Waals surface area contributed by atoms with Gasteiger partial charge in [-0.3, -0.25) is 15.0 Å². The number of aromatic nitrogens is 3. The summed E-state index contributed by atoms with van der Waals surface area (Å²) in [5, 5.41) is 0. The van der Waals surface area contributed by atoms with Crippen molar-refractivity contribution < 1.29 is 68.1 Å². The highest BCUT2D eigenvalue weighted by Crippen LogP contribution is 2.20. The van der Waals surface area contributed by atoms with E-state index in [1.54, 1.807) is 0 Å². The average Bonchev–Trinajstić information content (AvgIpc) is 3.04. The van der Waals surface area contributed by atoms with E-state index in [0.717, 1.165) is 18.2 Å². The van der Waals surface area contributed by atoms with Crippen molar-refractivity contribution >= 4 is 36.1 Å². The molecule has 0 amide bonds. The number of allylic oxidation sites excluding steroid dienone is 3. The molecule has 0 fully saturated rings. The van der Waals surface area contributed by atoms with Crippen LogP contribution in [0.25, 0.3) is 18.2 Å². The van der Waals surface area contributed by atoms with E-state index < -0.39 is 36.4 Å². The minimum absolute atomic E-state index is 0.0745. The van der Waals surface area contributed by atoms with E-state index in [1.807, 2.05) is 0 Å². The van der Waals surface area contributed by atoms with Gasteiger partial charge in [-0.2, -0.15) is 39.5 Å². The molecule has 0 saturated heterocycles. The molecule has 0 radical (unpaired) electrons. The Hall–Kier alpha value is -5.55. The van der Waals surface area contributed by atoms with Gasteiger partial charge in [0, 0.05) is 55.4 Å². The molecule has 0 spiro atoms. The molecule has 0 unspecified atom stereocenters.